The van der Waals surface area contributed by atoms with Gasteiger partial charge in [-0.25, -0.2) is 0 Å². The summed E-state index contributed by atoms with van der Waals surface area (Å²) >= 11 is 0. The highest BCUT2D eigenvalue weighted by Crippen LogP contribution is 2.31. The van der Waals surface area contributed by atoms with Gasteiger partial charge in [0.1, 0.15) is 11.4 Å². The van der Waals surface area contributed by atoms with Crippen LogP contribution in [-0.4, -0.2) is 25.9 Å². The molecule has 0 aliphatic heterocycles. The molecular formula is C20H18N4O3. The SMILES string of the molecule is Cn1cc2c(n1)CC[C@H](C(=O)Oc1ccc3[nH]nc(-c4ccoc4)c3c1)C2. The third kappa shape index (κ3) is 2.81. The number of esters is 1. The molecule has 0 saturated carbocycles. The van der Waals surface area contributed by atoms with E-state index in [1.807, 2.05) is 36.1 Å². The molecule has 1 atom stereocenters. The Morgan fingerprint density at radius 2 is 2.30 bits per heavy atom. The fraction of sp³-hybridized carbons (Fsp3) is 0.250. The highest BCUT2D eigenvalue weighted by atomic mass is 16.5. The highest BCUT2D eigenvalue weighted by Gasteiger charge is 2.28. The van der Waals surface area contributed by atoms with Crippen molar-refractivity contribution in [3.05, 3.63) is 54.2 Å². The molecule has 1 aromatic carbocycles. The minimum Gasteiger partial charge on any atom is -0.472 e. The van der Waals surface area contributed by atoms with Gasteiger partial charge < -0.3 is 9.15 Å². The molecule has 7 heteroatoms. The van der Waals surface area contributed by atoms with Crippen LogP contribution >= 0.6 is 0 Å². The predicted octanol–water partition coefficient (Wildman–Crippen LogP) is 3.27. The number of rotatable bonds is 3. The Morgan fingerprint density at radius 1 is 1.37 bits per heavy atom. The van der Waals surface area contributed by atoms with E-state index in [1.54, 1.807) is 18.6 Å². The molecule has 0 spiro atoms. The first-order valence-corrected chi connectivity index (χ1v) is 8.91. The van der Waals surface area contributed by atoms with E-state index in [4.69, 9.17) is 9.15 Å². The second-order valence-electron chi connectivity index (χ2n) is 6.93. The zero-order chi connectivity index (χ0) is 18.4. The minimum absolute atomic E-state index is 0.143. The predicted molar refractivity (Wildman–Crippen MR) is 98.2 cm³/mol. The lowest BCUT2D eigenvalue weighted by molar-refractivity contribution is -0.139. The molecule has 0 saturated heterocycles. The van der Waals surface area contributed by atoms with Crippen molar-refractivity contribution >= 4 is 16.9 Å². The van der Waals surface area contributed by atoms with Crippen molar-refractivity contribution in [1.29, 1.82) is 0 Å². The summed E-state index contributed by atoms with van der Waals surface area (Å²) in [6.07, 6.45) is 7.48. The summed E-state index contributed by atoms with van der Waals surface area (Å²) in [6, 6.07) is 7.35. The average molecular weight is 362 g/mol. The van der Waals surface area contributed by atoms with Gasteiger partial charge in [-0.2, -0.15) is 10.2 Å². The highest BCUT2D eigenvalue weighted by molar-refractivity contribution is 5.94. The molecule has 3 aromatic heterocycles. The first-order chi connectivity index (χ1) is 13.2. The van der Waals surface area contributed by atoms with E-state index in [0.29, 0.717) is 12.2 Å². The molecule has 27 heavy (non-hydrogen) atoms. The Bertz CT molecular complexity index is 1120. The molecule has 0 unspecified atom stereocenters. The van der Waals surface area contributed by atoms with Gasteiger partial charge in [-0.05, 0) is 49.1 Å². The van der Waals surface area contributed by atoms with Crippen LogP contribution < -0.4 is 4.74 Å². The van der Waals surface area contributed by atoms with Crippen molar-refractivity contribution in [2.45, 2.75) is 19.3 Å². The molecular weight excluding hydrogens is 344 g/mol. The standard InChI is InChI=1S/C20H18N4O3/c1-24-10-14-8-12(2-4-17(14)23-24)20(25)27-15-3-5-18-16(9-15)19(22-21-18)13-6-7-26-11-13/h3,5-7,9-12H,2,4,8H2,1H3,(H,21,22)/t12-/m0/s1. The van der Waals surface area contributed by atoms with Crippen LogP contribution in [0, 0.1) is 5.92 Å². The lowest BCUT2D eigenvalue weighted by Crippen LogP contribution is -2.26. The van der Waals surface area contributed by atoms with Gasteiger partial charge in [0.15, 0.2) is 0 Å². The molecule has 136 valence electrons. The van der Waals surface area contributed by atoms with E-state index >= 15 is 0 Å². The molecule has 0 bridgehead atoms. The number of carbonyl (C=O) groups excluding carboxylic acids is 1. The number of fused-ring (bicyclic) bond motifs is 2. The van der Waals surface area contributed by atoms with Crippen LogP contribution in [0.15, 0.2) is 47.4 Å². The van der Waals surface area contributed by atoms with Crippen LogP contribution in [0.5, 0.6) is 5.75 Å². The summed E-state index contributed by atoms with van der Waals surface area (Å²) in [5.41, 5.74) is 4.75. The van der Waals surface area contributed by atoms with Gasteiger partial charge in [0, 0.05) is 24.2 Å². The molecule has 0 radical (unpaired) electrons. The van der Waals surface area contributed by atoms with Gasteiger partial charge in [-0.3, -0.25) is 14.6 Å². The number of carbonyl (C=O) groups is 1. The maximum Gasteiger partial charge on any atom is 0.314 e. The number of hydrogen-bond acceptors (Lipinski definition) is 5. The molecule has 1 N–H and O–H groups in total. The Balaban J connectivity index is 1.38. The molecule has 4 aromatic rings. The van der Waals surface area contributed by atoms with Crippen LogP contribution in [0.2, 0.25) is 0 Å². The number of aromatic nitrogens is 4. The number of nitrogens with one attached hydrogen (secondary N) is 1. The third-order valence-corrected chi connectivity index (χ3v) is 5.07. The van der Waals surface area contributed by atoms with Gasteiger partial charge in [-0.15, -0.1) is 0 Å². The second-order valence-corrected chi connectivity index (χ2v) is 6.93. The summed E-state index contributed by atoms with van der Waals surface area (Å²) in [5, 5.41) is 12.7. The van der Waals surface area contributed by atoms with E-state index in [9.17, 15) is 4.79 Å². The van der Waals surface area contributed by atoms with E-state index in [-0.39, 0.29) is 11.9 Å². The molecule has 0 amide bonds. The fourth-order valence-electron chi connectivity index (χ4n) is 3.72. The zero-order valence-electron chi connectivity index (χ0n) is 14.8. The van der Waals surface area contributed by atoms with Crippen LogP contribution in [0.1, 0.15) is 17.7 Å². The van der Waals surface area contributed by atoms with Gasteiger partial charge in [-0.1, -0.05) is 0 Å². The number of H-pyrrole nitrogens is 1. The summed E-state index contributed by atoms with van der Waals surface area (Å²) < 4.78 is 12.6. The first kappa shape index (κ1) is 15.9. The van der Waals surface area contributed by atoms with E-state index in [2.05, 4.69) is 15.3 Å². The monoisotopic (exact) mass is 362 g/mol. The molecule has 1 aliphatic carbocycles. The van der Waals surface area contributed by atoms with Crippen molar-refractivity contribution in [1.82, 2.24) is 20.0 Å². The van der Waals surface area contributed by atoms with Crippen LogP contribution in [-0.2, 0) is 24.7 Å². The van der Waals surface area contributed by atoms with Crippen LogP contribution in [0.3, 0.4) is 0 Å². The Labute approximate surface area is 154 Å². The summed E-state index contributed by atoms with van der Waals surface area (Å²) in [6.45, 7) is 0. The largest absolute Gasteiger partial charge is 0.472 e. The quantitative estimate of drug-likeness (QED) is 0.446. The van der Waals surface area contributed by atoms with Crippen LogP contribution in [0.25, 0.3) is 22.2 Å². The molecule has 3 heterocycles. The lowest BCUT2D eigenvalue weighted by atomic mass is 9.88. The Hall–Kier alpha value is -3.35. The van der Waals surface area contributed by atoms with Crippen molar-refractivity contribution in [2.75, 3.05) is 0 Å². The summed E-state index contributed by atoms with van der Waals surface area (Å²) in [4.78, 5) is 12.7. The molecule has 1 aliphatic rings. The number of furan rings is 1. The van der Waals surface area contributed by atoms with E-state index in [0.717, 1.165) is 46.3 Å². The van der Waals surface area contributed by atoms with Crippen molar-refractivity contribution in [2.24, 2.45) is 13.0 Å². The van der Waals surface area contributed by atoms with Crippen molar-refractivity contribution in [3.8, 4) is 17.0 Å². The van der Waals surface area contributed by atoms with Crippen molar-refractivity contribution in [3.63, 3.8) is 0 Å². The minimum atomic E-state index is -0.197. The number of ether oxygens (including phenoxy) is 1. The molecule has 5 rings (SSSR count). The Kier molecular flexibility index (Phi) is 3.60. The third-order valence-electron chi connectivity index (χ3n) is 5.07. The summed E-state index contributed by atoms with van der Waals surface area (Å²) in [7, 11) is 1.91. The second kappa shape index (κ2) is 6.12. The van der Waals surface area contributed by atoms with E-state index in [1.165, 1.54) is 0 Å². The van der Waals surface area contributed by atoms with Gasteiger partial charge >= 0.3 is 5.97 Å². The van der Waals surface area contributed by atoms with Gasteiger partial charge in [0.25, 0.3) is 0 Å². The smallest absolute Gasteiger partial charge is 0.314 e. The topological polar surface area (TPSA) is 85.9 Å². The zero-order valence-corrected chi connectivity index (χ0v) is 14.8. The lowest BCUT2D eigenvalue weighted by Gasteiger charge is -2.19. The fourth-order valence-corrected chi connectivity index (χ4v) is 3.72. The van der Waals surface area contributed by atoms with Gasteiger partial charge in [0.05, 0.1) is 29.7 Å². The summed E-state index contributed by atoms with van der Waals surface area (Å²) in [5.74, 6) is 0.183. The van der Waals surface area contributed by atoms with Gasteiger partial charge in [0.2, 0.25) is 0 Å². The first-order valence-electron chi connectivity index (χ1n) is 8.91. The average Bonchev–Trinajstić information content (AvgIpc) is 3.38. The number of aryl methyl sites for hydroxylation is 2. The van der Waals surface area contributed by atoms with Crippen molar-refractivity contribution < 1.29 is 13.9 Å². The number of nitrogens with zero attached hydrogens (tertiary/aromatic N) is 3. The normalized spacial score (nSPS) is 16.4. The Morgan fingerprint density at radius 3 is 3.15 bits per heavy atom. The molecule has 0 fully saturated rings. The number of aromatic amines is 1. The number of hydrogen-bond donors (Lipinski definition) is 1. The maximum absolute atomic E-state index is 12.7. The molecule has 7 nitrogen and oxygen atoms in total. The number of benzene rings is 1. The maximum atomic E-state index is 12.7. The van der Waals surface area contributed by atoms with E-state index < -0.39 is 0 Å². The van der Waals surface area contributed by atoms with Crippen LogP contribution in [0.4, 0.5) is 0 Å².